The van der Waals surface area contributed by atoms with Crippen molar-refractivity contribution in [3.05, 3.63) is 22.4 Å². The molecule has 0 radical (unpaired) electrons. The minimum atomic E-state index is -0.383. The summed E-state index contributed by atoms with van der Waals surface area (Å²) in [6.07, 6.45) is 1.66. The smallest absolute Gasteiger partial charge is 0.228 e. The fourth-order valence-corrected chi connectivity index (χ4v) is 3.94. The molecule has 1 fully saturated rings. The summed E-state index contributed by atoms with van der Waals surface area (Å²) in [4.78, 5) is 16.2. The summed E-state index contributed by atoms with van der Waals surface area (Å²) in [5, 5.41) is 8.56. The average Bonchev–Trinajstić information content (AvgIpc) is 3.02. The third-order valence-electron chi connectivity index (χ3n) is 4.41. The van der Waals surface area contributed by atoms with E-state index in [0.29, 0.717) is 13.2 Å². The molecule has 2 heterocycles. The van der Waals surface area contributed by atoms with Gasteiger partial charge < -0.3 is 20.3 Å². The zero-order valence-corrected chi connectivity index (χ0v) is 14.5. The summed E-state index contributed by atoms with van der Waals surface area (Å²) in [7, 11) is 5.77. The molecule has 2 rings (SSSR count). The molecule has 1 amide bonds. The van der Waals surface area contributed by atoms with Crippen molar-refractivity contribution in [1.29, 1.82) is 0 Å². The van der Waals surface area contributed by atoms with E-state index in [9.17, 15) is 4.79 Å². The maximum absolute atomic E-state index is 12.8. The number of hydrogen-bond acceptors (Lipinski definition) is 5. The zero-order valence-electron chi connectivity index (χ0n) is 13.7. The highest BCUT2D eigenvalue weighted by molar-refractivity contribution is 7.10. The Morgan fingerprint density at radius 2 is 2.23 bits per heavy atom. The summed E-state index contributed by atoms with van der Waals surface area (Å²) in [5.41, 5.74) is -0.383. The molecule has 1 aliphatic heterocycles. The molecule has 124 valence electrons. The topological polar surface area (TPSA) is 53.6 Å². The van der Waals surface area contributed by atoms with E-state index < -0.39 is 0 Å². The van der Waals surface area contributed by atoms with E-state index in [2.05, 4.69) is 33.0 Å². The van der Waals surface area contributed by atoms with Crippen molar-refractivity contribution in [3.8, 4) is 0 Å². The van der Waals surface area contributed by atoms with Crippen molar-refractivity contribution in [2.45, 2.75) is 18.9 Å². The van der Waals surface area contributed by atoms with Crippen LogP contribution in [-0.4, -0.2) is 58.3 Å². The normalized spacial score (nSPS) is 19.1. The summed E-state index contributed by atoms with van der Waals surface area (Å²) >= 11 is 1.73. The lowest BCUT2D eigenvalue weighted by Gasteiger charge is -2.36. The Balaban J connectivity index is 2.00. The second-order valence-electron chi connectivity index (χ2n) is 6.17. The predicted octanol–water partition coefficient (Wildman–Crippen LogP) is 1.48. The molecule has 1 saturated heterocycles. The van der Waals surface area contributed by atoms with Crippen LogP contribution >= 0.6 is 11.3 Å². The lowest BCUT2D eigenvalue weighted by atomic mass is 9.78. The van der Waals surface area contributed by atoms with E-state index in [-0.39, 0.29) is 17.4 Å². The number of piperidine rings is 1. The van der Waals surface area contributed by atoms with E-state index in [0.717, 1.165) is 25.9 Å². The Hall–Kier alpha value is -0.950. The number of carbonyl (C=O) groups excluding carboxylic acids is 1. The molecule has 1 unspecified atom stereocenters. The number of likely N-dealkylation sites (N-methyl/N-ethyl adjacent to an activating group) is 1. The number of rotatable bonds is 7. The first kappa shape index (κ1) is 17.4. The van der Waals surface area contributed by atoms with Crippen LogP contribution in [0.15, 0.2) is 17.5 Å². The van der Waals surface area contributed by atoms with Crippen LogP contribution < -0.4 is 10.6 Å². The third-order valence-corrected chi connectivity index (χ3v) is 5.39. The fourth-order valence-electron chi connectivity index (χ4n) is 3.01. The first-order valence-corrected chi connectivity index (χ1v) is 8.65. The van der Waals surface area contributed by atoms with Crippen molar-refractivity contribution in [2.24, 2.45) is 5.41 Å². The summed E-state index contributed by atoms with van der Waals surface area (Å²) in [6, 6.07) is 4.39. The standard InChI is InChI=1S/C16H27N3O2S/c1-19(2)13(14-5-4-10-22-14)11-18-15(20)16(12-21-3)6-8-17-9-7-16/h4-5,10,13,17H,6-9,11-12H2,1-3H3,(H,18,20). The van der Waals surface area contributed by atoms with Crippen LogP contribution in [0.1, 0.15) is 23.8 Å². The van der Waals surface area contributed by atoms with E-state index >= 15 is 0 Å². The Kier molecular flexibility index (Phi) is 6.37. The van der Waals surface area contributed by atoms with Crippen LogP contribution in [0, 0.1) is 5.41 Å². The molecular weight excluding hydrogens is 298 g/mol. The van der Waals surface area contributed by atoms with Gasteiger partial charge in [0.1, 0.15) is 0 Å². The highest BCUT2D eigenvalue weighted by Crippen LogP contribution is 2.30. The van der Waals surface area contributed by atoms with Crippen molar-refractivity contribution >= 4 is 17.2 Å². The maximum Gasteiger partial charge on any atom is 0.228 e. The second kappa shape index (κ2) is 8.06. The molecule has 0 aromatic carbocycles. The van der Waals surface area contributed by atoms with Gasteiger partial charge in [0.25, 0.3) is 0 Å². The summed E-state index contributed by atoms with van der Waals surface area (Å²) < 4.78 is 5.34. The first-order chi connectivity index (χ1) is 10.6. The Morgan fingerprint density at radius 1 is 1.50 bits per heavy atom. The van der Waals surface area contributed by atoms with Crippen LogP contribution in [0.4, 0.5) is 0 Å². The van der Waals surface area contributed by atoms with E-state index in [1.165, 1.54) is 4.88 Å². The molecule has 5 nitrogen and oxygen atoms in total. The zero-order chi connectivity index (χ0) is 16.0. The molecule has 0 bridgehead atoms. The van der Waals surface area contributed by atoms with E-state index in [1.807, 2.05) is 14.1 Å². The van der Waals surface area contributed by atoms with Gasteiger partial charge in [-0.05, 0) is 51.5 Å². The molecule has 0 spiro atoms. The largest absolute Gasteiger partial charge is 0.384 e. The van der Waals surface area contributed by atoms with Crippen molar-refractivity contribution in [1.82, 2.24) is 15.5 Å². The van der Waals surface area contributed by atoms with Crippen LogP contribution in [0.2, 0.25) is 0 Å². The van der Waals surface area contributed by atoms with Crippen LogP contribution in [0.25, 0.3) is 0 Å². The summed E-state index contributed by atoms with van der Waals surface area (Å²) in [6.45, 7) is 2.87. The van der Waals surface area contributed by atoms with Gasteiger partial charge in [0.2, 0.25) is 5.91 Å². The van der Waals surface area contributed by atoms with Gasteiger partial charge in [0.05, 0.1) is 18.1 Å². The SMILES string of the molecule is COCC1(C(=O)NCC(c2cccs2)N(C)C)CCNCC1. The monoisotopic (exact) mass is 325 g/mol. The predicted molar refractivity (Wildman–Crippen MR) is 90.2 cm³/mol. The van der Waals surface area contributed by atoms with Crippen molar-refractivity contribution in [2.75, 3.05) is 47.4 Å². The van der Waals surface area contributed by atoms with Gasteiger partial charge in [-0.15, -0.1) is 11.3 Å². The van der Waals surface area contributed by atoms with Gasteiger partial charge >= 0.3 is 0 Å². The highest BCUT2D eigenvalue weighted by atomic mass is 32.1. The molecule has 6 heteroatoms. The van der Waals surface area contributed by atoms with Crippen LogP contribution in [0.3, 0.4) is 0 Å². The molecule has 1 aliphatic rings. The molecule has 2 N–H and O–H groups in total. The molecule has 1 aromatic heterocycles. The number of methoxy groups -OCH3 is 1. The number of ether oxygens (including phenoxy) is 1. The second-order valence-corrected chi connectivity index (χ2v) is 7.15. The average molecular weight is 325 g/mol. The van der Waals surface area contributed by atoms with E-state index in [4.69, 9.17) is 4.74 Å². The number of hydrogen-bond donors (Lipinski definition) is 2. The highest BCUT2D eigenvalue weighted by Gasteiger charge is 2.39. The van der Waals surface area contributed by atoms with Gasteiger partial charge in [-0.3, -0.25) is 4.79 Å². The van der Waals surface area contributed by atoms with Gasteiger partial charge in [-0.2, -0.15) is 0 Å². The summed E-state index contributed by atoms with van der Waals surface area (Å²) in [5.74, 6) is 0.124. The quantitative estimate of drug-likeness (QED) is 0.797. The lowest BCUT2D eigenvalue weighted by Crippen LogP contribution is -2.51. The Morgan fingerprint density at radius 3 is 2.77 bits per heavy atom. The molecule has 22 heavy (non-hydrogen) atoms. The van der Waals surface area contributed by atoms with Crippen molar-refractivity contribution < 1.29 is 9.53 Å². The minimum Gasteiger partial charge on any atom is -0.384 e. The fraction of sp³-hybridized carbons (Fsp3) is 0.688. The number of thiophene rings is 1. The minimum absolute atomic E-state index is 0.124. The number of amides is 1. The number of nitrogens with zero attached hydrogens (tertiary/aromatic N) is 1. The van der Waals surface area contributed by atoms with Gasteiger partial charge in [0, 0.05) is 18.5 Å². The number of carbonyl (C=O) groups is 1. The molecule has 0 aliphatic carbocycles. The third kappa shape index (κ3) is 4.07. The van der Waals surface area contributed by atoms with Gasteiger partial charge in [-0.25, -0.2) is 0 Å². The van der Waals surface area contributed by atoms with Crippen LogP contribution in [0.5, 0.6) is 0 Å². The number of nitrogens with one attached hydrogen (secondary N) is 2. The lowest BCUT2D eigenvalue weighted by molar-refractivity contribution is -0.136. The van der Waals surface area contributed by atoms with E-state index in [1.54, 1.807) is 18.4 Å². The molecular formula is C16H27N3O2S. The van der Waals surface area contributed by atoms with Crippen molar-refractivity contribution in [3.63, 3.8) is 0 Å². The van der Waals surface area contributed by atoms with Gasteiger partial charge in [-0.1, -0.05) is 6.07 Å². The van der Waals surface area contributed by atoms with Gasteiger partial charge in [0.15, 0.2) is 0 Å². The maximum atomic E-state index is 12.8. The Labute approximate surface area is 137 Å². The Bertz CT molecular complexity index is 450. The molecule has 0 saturated carbocycles. The first-order valence-electron chi connectivity index (χ1n) is 7.77. The van der Waals surface area contributed by atoms with Crippen LogP contribution in [-0.2, 0) is 9.53 Å². The molecule has 1 aromatic rings. The molecule has 1 atom stereocenters.